The molecule has 84 valence electrons. The van der Waals surface area contributed by atoms with Crippen molar-refractivity contribution in [2.24, 2.45) is 5.92 Å². The Morgan fingerprint density at radius 2 is 2.07 bits per heavy atom. The zero-order valence-electron chi connectivity index (χ0n) is 9.82. The van der Waals surface area contributed by atoms with Gasteiger partial charge in [0.25, 0.3) is 0 Å². The van der Waals surface area contributed by atoms with Gasteiger partial charge in [0.2, 0.25) is 5.88 Å². The zero-order chi connectivity index (χ0) is 11.3. The number of aromatic nitrogens is 2. The summed E-state index contributed by atoms with van der Waals surface area (Å²) in [5.74, 6) is 1.07. The minimum Gasteiger partial charge on any atom is -0.473 e. The third kappa shape index (κ3) is 3.83. The van der Waals surface area contributed by atoms with Gasteiger partial charge < -0.3 is 10.1 Å². The van der Waals surface area contributed by atoms with Crippen molar-refractivity contribution in [1.82, 2.24) is 15.3 Å². The van der Waals surface area contributed by atoms with Crippen molar-refractivity contribution in [3.05, 3.63) is 18.1 Å². The number of rotatable bonds is 5. The second-order valence-corrected chi connectivity index (χ2v) is 3.95. The van der Waals surface area contributed by atoms with Gasteiger partial charge in [-0.2, -0.15) is 0 Å². The van der Waals surface area contributed by atoms with Crippen LogP contribution in [0.2, 0.25) is 0 Å². The van der Waals surface area contributed by atoms with Gasteiger partial charge in [-0.25, -0.2) is 4.98 Å². The molecule has 0 aliphatic heterocycles. The summed E-state index contributed by atoms with van der Waals surface area (Å²) in [5, 5.41) is 3.03. The standard InChI is InChI=1S/C11H19N3O/c1-8(2)9(3)15-11-7-13-6-10(14-11)5-12-4/h6-9,12H,5H2,1-4H3. The fourth-order valence-electron chi connectivity index (χ4n) is 1.04. The molecule has 0 saturated carbocycles. The molecule has 0 amide bonds. The van der Waals surface area contributed by atoms with Gasteiger partial charge in [-0.15, -0.1) is 0 Å². The maximum atomic E-state index is 5.66. The summed E-state index contributed by atoms with van der Waals surface area (Å²) in [7, 11) is 1.88. The van der Waals surface area contributed by atoms with Crippen LogP contribution in [-0.2, 0) is 6.54 Å². The Morgan fingerprint density at radius 1 is 1.33 bits per heavy atom. The third-order valence-electron chi connectivity index (χ3n) is 2.27. The Labute approximate surface area is 91.1 Å². The van der Waals surface area contributed by atoms with Crippen molar-refractivity contribution < 1.29 is 4.74 Å². The highest BCUT2D eigenvalue weighted by Crippen LogP contribution is 2.12. The Kier molecular flexibility index (Phi) is 4.49. The Hall–Kier alpha value is -1.16. The van der Waals surface area contributed by atoms with Crippen LogP contribution in [-0.4, -0.2) is 23.1 Å². The van der Waals surface area contributed by atoms with Gasteiger partial charge in [0.15, 0.2) is 0 Å². The first-order valence-corrected chi connectivity index (χ1v) is 5.25. The molecule has 15 heavy (non-hydrogen) atoms. The average Bonchev–Trinajstić information content (AvgIpc) is 2.18. The van der Waals surface area contributed by atoms with Crippen LogP contribution >= 0.6 is 0 Å². The van der Waals surface area contributed by atoms with Crippen LogP contribution in [0.25, 0.3) is 0 Å². The van der Waals surface area contributed by atoms with Crippen molar-refractivity contribution in [3.63, 3.8) is 0 Å². The van der Waals surface area contributed by atoms with E-state index in [1.165, 1.54) is 0 Å². The lowest BCUT2D eigenvalue weighted by atomic mass is 10.1. The highest BCUT2D eigenvalue weighted by atomic mass is 16.5. The topological polar surface area (TPSA) is 47.0 Å². The van der Waals surface area contributed by atoms with Crippen molar-refractivity contribution >= 4 is 0 Å². The molecule has 0 bridgehead atoms. The molecule has 1 heterocycles. The molecule has 0 aromatic carbocycles. The quantitative estimate of drug-likeness (QED) is 0.800. The van der Waals surface area contributed by atoms with Gasteiger partial charge in [0, 0.05) is 12.7 Å². The molecule has 0 spiro atoms. The Morgan fingerprint density at radius 3 is 2.67 bits per heavy atom. The summed E-state index contributed by atoms with van der Waals surface area (Å²) in [6, 6.07) is 0. The van der Waals surface area contributed by atoms with Gasteiger partial charge in [0.1, 0.15) is 0 Å². The van der Waals surface area contributed by atoms with Gasteiger partial charge in [-0.1, -0.05) is 13.8 Å². The smallest absolute Gasteiger partial charge is 0.232 e. The molecule has 1 aromatic rings. The van der Waals surface area contributed by atoms with E-state index >= 15 is 0 Å². The normalized spacial score (nSPS) is 12.9. The van der Waals surface area contributed by atoms with Crippen LogP contribution in [0, 0.1) is 5.92 Å². The largest absolute Gasteiger partial charge is 0.473 e. The van der Waals surface area contributed by atoms with E-state index in [1.807, 2.05) is 14.0 Å². The van der Waals surface area contributed by atoms with Gasteiger partial charge in [0.05, 0.1) is 18.0 Å². The van der Waals surface area contributed by atoms with Crippen molar-refractivity contribution in [2.45, 2.75) is 33.4 Å². The second kappa shape index (κ2) is 5.66. The van der Waals surface area contributed by atoms with E-state index < -0.39 is 0 Å². The van der Waals surface area contributed by atoms with Gasteiger partial charge in [-0.3, -0.25) is 4.98 Å². The summed E-state index contributed by atoms with van der Waals surface area (Å²) >= 11 is 0. The van der Waals surface area contributed by atoms with Gasteiger partial charge >= 0.3 is 0 Å². The molecule has 0 radical (unpaired) electrons. The van der Waals surface area contributed by atoms with E-state index in [0.29, 0.717) is 18.3 Å². The van der Waals surface area contributed by atoms with Crippen LogP contribution in [0.15, 0.2) is 12.4 Å². The predicted octanol–water partition coefficient (Wildman–Crippen LogP) is 1.62. The molecule has 1 unspecified atom stereocenters. The maximum absolute atomic E-state index is 5.66. The first kappa shape index (κ1) is 11.9. The van der Waals surface area contributed by atoms with E-state index in [-0.39, 0.29) is 6.10 Å². The van der Waals surface area contributed by atoms with Crippen LogP contribution in [0.3, 0.4) is 0 Å². The van der Waals surface area contributed by atoms with Crippen molar-refractivity contribution in [2.75, 3.05) is 7.05 Å². The minimum absolute atomic E-state index is 0.157. The van der Waals surface area contributed by atoms with Crippen LogP contribution in [0.1, 0.15) is 26.5 Å². The number of nitrogens with one attached hydrogen (secondary N) is 1. The lowest BCUT2D eigenvalue weighted by Crippen LogP contribution is -2.19. The Bertz CT molecular complexity index is 302. The highest BCUT2D eigenvalue weighted by molar-refractivity contribution is 5.08. The summed E-state index contributed by atoms with van der Waals surface area (Å²) in [6.07, 6.45) is 3.55. The zero-order valence-corrected chi connectivity index (χ0v) is 9.82. The first-order chi connectivity index (χ1) is 7.13. The van der Waals surface area contributed by atoms with E-state index in [4.69, 9.17) is 4.74 Å². The van der Waals surface area contributed by atoms with E-state index in [9.17, 15) is 0 Å². The molecule has 1 aromatic heterocycles. The number of ether oxygens (including phenoxy) is 1. The minimum atomic E-state index is 0.157. The van der Waals surface area contributed by atoms with Crippen molar-refractivity contribution in [1.29, 1.82) is 0 Å². The molecule has 0 aliphatic carbocycles. The van der Waals surface area contributed by atoms with Crippen molar-refractivity contribution in [3.8, 4) is 5.88 Å². The number of hydrogen-bond donors (Lipinski definition) is 1. The molecule has 0 aliphatic rings. The fourth-order valence-corrected chi connectivity index (χ4v) is 1.04. The summed E-state index contributed by atoms with van der Waals surface area (Å²) < 4.78 is 5.66. The summed E-state index contributed by atoms with van der Waals surface area (Å²) in [6.45, 7) is 6.99. The van der Waals surface area contributed by atoms with E-state index in [1.54, 1.807) is 12.4 Å². The monoisotopic (exact) mass is 209 g/mol. The number of hydrogen-bond acceptors (Lipinski definition) is 4. The van der Waals surface area contributed by atoms with E-state index in [0.717, 1.165) is 5.69 Å². The Balaban J connectivity index is 2.64. The fraction of sp³-hybridized carbons (Fsp3) is 0.636. The molecule has 4 nitrogen and oxygen atoms in total. The molecule has 1 N–H and O–H groups in total. The molecular formula is C11H19N3O. The second-order valence-electron chi connectivity index (χ2n) is 3.95. The average molecular weight is 209 g/mol. The molecule has 4 heteroatoms. The molecular weight excluding hydrogens is 190 g/mol. The molecule has 1 atom stereocenters. The van der Waals surface area contributed by atoms with Crippen LogP contribution in [0.5, 0.6) is 5.88 Å². The third-order valence-corrected chi connectivity index (χ3v) is 2.27. The van der Waals surface area contributed by atoms with Gasteiger partial charge in [-0.05, 0) is 19.9 Å². The number of nitrogens with zero attached hydrogens (tertiary/aromatic N) is 2. The molecule has 0 saturated heterocycles. The first-order valence-electron chi connectivity index (χ1n) is 5.25. The predicted molar refractivity (Wildman–Crippen MR) is 59.7 cm³/mol. The van der Waals surface area contributed by atoms with Crippen LogP contribution < -0.4 is 10.1 Å². The highest BCUT2D eigenvalue weighted by Gasteiger charge is 2.09. The lowest BCUT2D eigenvalue weighted by molar-refractivity contribution is 0.162. The van der Waals surface area contributed by atoms with E-state index in [2.05, 4.69) is 29.1 Å². The summed E-state index contributed by atoms with van der Waals surface area (Å²) in [4.78, 5) is 8.43. The summed E-state index contributed by atoms with van der Waals surface area (Å²) in [5.41, 5.74) is 0.894. The molecule has 0 fully saturated rings. The lowest BCUT2D eigenvalue weighted by Gasteiger charge is -2.17. The molecule has 1 rings (SSSR count). The SMILES string of the molecule is CNCc1cncc(OC(C)C(C)C)n1. The maximum Gasteiger partial charge on any atom is 0.232 e. The van der Waals surface area contributed by atoms with Crippen LogP contribution in [0.4, 0.5) is 0 Å².